The summed E-state index contributed by atoms with van der Waals surface area (Å²) < 4.78 is 0. The number of halogens is 1. The highest BCUT2D eigenvalue weighted by molar-refractivity contribution is 6.30. The zero-order chi connectivity index (χ0) is 18.5. The second-order valence-electron chi connectivity index (χ2n) is 7.35. The van der Waals surface area contributed by atoms with Crippen LogP contribution < -0.4 is 10.2 Å². The van der Waals surface area contributed by atoms with Crippen LogP contribution in [0.5, 0.6) is 0 Å². The molecule has 1 unspecified atom stereocenters. The molecule has 0 radical (unpaired) electrons. The summed E-state index contributed by atoms with van der Waals surface area (Å²) in [5.41, 5.74) is 2.74. The van der Waals surface area contributed by atoms with E-state index in [0.717, 1.165) is 23.2 Å². The molecular weight excluding hydrogens is 348 g/mol. The quantitative estimate of drug-likeness (QED) is 0.819. The fourth-order valence-electron chi connectivity index (χ4n) is 3.78. The van der Waals surface area contributed by atoms with Crippen LogP contribution in [0.4, 0.5) is 11.4 Å². The molecule has 2 aromatic carbocycles. The number of hydrogen-bond donors (Lipinski definition) is 1. The predicted molar refractivity (Wildman–Crippen MR) is 104 cm³/mol. The molecule has 0 bridgehead atoms. The van der Waals surface area contributed by atoms with E-state index in [1.165, 1.54) is 0 Å². The summed E-state index contributed by atoms with van der Waals surface area (Å²) >= 11 is 5.98. The Morgan fingerprint density at radius 1 is 1.19 bits per heavy atom. The summed E-state index contributed by atoms with van der Waals surface area (Å²) in [6.45, 7) is 3.93. The smallest absolute Gasteiger partial charge is 0.242 e. The number of benzene rings is 2. The lowest BCUT2D eigenvalue weighted by molar-refractivity contribution is -0.132. The van der Waals surface area contributed by atoms with Crippen LogP contribution in [-0.2, 0) is 16.0 Å². The number of para-hydroxylation sites is 1. The van der Waals surface area contributed by atoms with Crippen molar-refractivity contribution in [1.29, 1.82) is 0 Å². The third-order valence-electron chi connectivity index (χ3n) is 5.46. The molecule has 134 valence electrons. The van der Waals surface area contributed by atoms with Gasteiger partial charge in [-0.1, -0.05) is 29.8 Å². The van der Waals surface area contributed by atoms with Gasteiger partial charge >= 0.3 is 0 Å². The highest BCUT2D eigenvalue weighted by atomic mass is 35.5. The standard InChI is InChI=1S/C21H21ClN2O2/c1-13-11-16(22)7-8-17(13)23-19(25)21(9-10-21)20(26)24-14(2)12-15-5-3-4-6-18(15)24/h3-8,11,14H,9-10,12H2,1-2H3,(H,23,25). The Hall–Kier alpha value is -2.33. The van der Waals surface area contributed by atoms with Crippen LogP contribution in [0.2, 0.25) is 5.02 Å². The predicted octanol–water partition coefficient (Wildman–Crippen LogP) is 4.34. The number of aryl methyl sites for hydroxylation is 1. The van der Waals surface area contributed by atoms with Crippen molar-refractivity contribution in [3.8, 4) is 0 Å². The van der Waals surface area contributed by atoms with Crippen molar-refractivity contribution in [2.24, 2.45) is 5.41 Å². The summed E-state index contributed by atoms with van der Waals surface area (Å²) in [6, 6.07) is 13.3. The summed E-state index contributed by atoms with van der Waals surface area (Å²) in [6.07, 6.45) is 2.02. The maximum atomic E-state index is 13.3. The number of anilines is 2. The Balaban J connectivity index is 1.59. The van der Waals surface area contributed by atoms with Crippen molar-refractivity contribution in [3.05, 3.63) is 58.6 Å². The summed E-state index contributed by atoms with van der Waals surface area (Å²) in [5.74, 6) is -0.302. The molecule has 0 aromatic heterocycles. The molecule has 0 saturated heterocycles. The van der Waals surface area contributed by atoms with Crippen LogP contribution >= 0.6 is 11.6 Å². The topological polar surface area (TPSA) is 49.4 Å². The average Bonchev–Trinajstić information content (AvgIpc) is 3.34. The molecule has 0 spiro atoms. The van der Waals surface area contributed by atoms with Gasteiger partial charge in [-0.25, -0.2) is 0 Å². The lowest BCUT2D eigenvalue weighted by atomic mass is 10.0. The number of amides is 2. The zero-order valence-electron chi connectivity index (χ0n) is 14.9. The van der Waals surface area contributed by atoms with Crippen LogP contribution in [0, 0.1) is 12.3 Å². The molecule has 1 atom stereocenters. The normalized spacial score (nSPS) is 19.8. The van der Waals surface area contributed by atoms with Crippen LogP contribution in [0.15, 0.2) is 42.5 Å². The number of fused-ring (bicyclic) bond motifs is 1. The molecule has 2 aliphatic rings. The average molecular weight is 369 g/mol. The molecule has 1 aliphatic carbocycles. The van der Waals surface area contributed by atoms with E-state index >= 15 is 0 Å². The first-order valence-corrected chi connectivity index (χ1v) is 9.29. The van der Waals surface area contributed by atoms with Crippen molar-refractivity contribution in [2.45, 2.75) is 39.2 Å². The fraction of sp³-hybridized carbons (Fsp3) is 0.333. The van der Waals surface area contributed by atoms with Gasteiger partial charge in [-0.3, -0.25) is 9.59 Å². The SMILES string of the molecule is Cc1cc(Cl)ccc1NC(=O)C1(C(=O)N2c3ccccc3CC2C)CC1. The van der Waals surface area contributed by atoms with Gasteiger partial charge in [-0.2, -0.15) is 0 Å². The van der Waals surface area contributed by atoms with Gasteiger partial charge in [0.25, 0.3) is 0 Å². The third kappa shape index (κ3) is 2.69. The van der Waals surface area contributed by atoms with Gasteiger partial charge in [0, 0.05) is 22.4 Å². The minimum atomic E-state index is -0.947. The molecule has 1 saturated carbocycles. The Morgan fingerprint density at radius 3 is 2.62 bits per heavy atom. The van der Waals surface area contributed by atoms with E-state index in [4.69, 9.17) is 11.6 Å². The molecule has 1 aliphatic heterocycles. The van der Waals surface area contributed by atoms with Crippen molar-refractivity contribution >= 4 is 34.8 Å². The molecule has 4 nitrogen and oxygen atoms in total. The number of rotatable bonds is 3. The van der Waals surface area contributed by atoms with Crippen LogP contribution in [0.1, 0.15) is 30.9 Å². The number of hydrogen-bond acceptors (Lipinski definition) is 2. The van der Waals surface area contributed by atoms with Gasteiger partial charge in [-0.05, 0) is 68.5 Å². The molecule has 1 heterocycles. The van der Waals surface area contributed by atoms with E-state index in [2.05, 4.69) is 11.4 Å². The maximum absolute atomic E-state index is 13.3. The number of nitrogens with one attached hydrogen (secondary N) is 1. The lowest BCUT2D eigenvalue weighted by Gasteiger charge is -2.27. The van der Waals surface area contributed by atoms with Crippen molar-refractivity contribution in [3.63, 3.8) is 0 Å². The Bertz CT molecular complexity index is 905. The fourth-order valence-corrected chi connectivity index (χ4v) is 4.00. The Kier molecular flexibility index (Phi) is 4.03. The first-order chi connectivity index (χ1) is 12.4. The van der Waals surface area contributed by atoms with Crippen LogP contribution in [0.3, 0.4) is 0 Å². The number of carbonyl (C=O) groups is 2. The Labute approximate surface area is 158 Å². The number of carbonyl (C=O) groups excluding carboxylic acids is 2. The van der Waals surface area contributed by atoms with Crippen molar-refractivity contribution in [1.82, 2.24) is 0 Å². The van der Waals surface area contributed by atoms with E-state index in [9.17, 15) is 9.59 Å². The van der Waals surface area contributed by atoms with Crippen LogP contribution in [-0.4, -0.2) is 17.9 Å². The maximum Gasteiger partial charge on any atom is 0.242 e. The van der Waals surface area contributed by atoms with Gasteiger partial charge in [-0.15, -0.1) is 0 Å². The molecule has 4 rings (SSSR count). The molecular formula is C21H21ClN2O2. The molecule has 26 heavy (non-hydrogen) atoms. The monoisotopic (exact) mass is 368 g/mol. The summed E-state index contributed by atoms with van der Waals surface area (Å²) in [7, 11) is 0. The van der Waals surface area contributed by atoms with Crippen LogP contribution in [0.25, 0.3) is 0 Å². The molecule has 1 fully saturated rings. The second-order valence-corrected chi connectivity index (χ2v) is 7.79. The summed E-state index contributed by atoms with van der Waals surface area (Å²) in [4.78, 5) is 28.1. The van der Waals surface area contributed by atoms with E-state index in [1.54, 1.807) is 18.2 Å². The Morgan fingerprint density at radius 2 is 1.92 bits per heavy atom. The lowest BCUT2D eigenvalue weighted by Crippen LogP contribution is -2.45. The highest BCUT2D eigenvalue weighted by Crippen LogP contribution is 2.50. The van der Waals surface area contributed by atoms with Gasteiger partial charge in [0.15, 0.2) is 0 Å². The minimum Gasteiger partial charge on any atom is -0.325 e. The second kappa shape index (κ2) is 6.13. The molecule has 2 aromatic rings. The van der Waals surface area contributed by atoms with E-state index in [-0.39, 0.29) is 17.9 Å². The molecule has 5 heteroatoms. The van der Waals surface area contributed by atoms with E-state index < -0.39 is 5.41 Å². The first kappa shape index (κ1) is 17.1. The van der Waals surface area contributed by atoms with Crippen molar-refractivity contribution < 1.29 is 9.59 Å². The largest absolute Gasteiger partial charge is 0.325 e. The first-order valence-electron chi connectivity index (χ1n) is 8.91. The summed E-state index contributed by atoms with van der Waals surface area (Å²) in [5, 5.41) is 3.56. The minimum absolute atomic E-state index is 0.0717. The zero-order valence-corrected chi connectivity index (χ0v) is 15.6. The van der Waals surface area contributed by atoms with E-state index in [1.807, 2.05) is 36.9 Å². The van der Waals surface area contributed by atoms with Gasteiger partial charge in [0.05, 0.1) is 0 Å². The van der Waals surface area contributed by atoms with Gasteiger partial charge < -0.3 is 10.2 Å². The number of nitrogens with zero attached hydrogens (tertiary/aromatic N) is 1. The van der Waals surface area contributed by atoms with Crippen molar-refractivity contribution in [2.75, 3.05) is 10.2 Å². The molecule has 1 N–H and O–H groups in total. The van der Waals surface area contributed by atoms with Gasteiger partial charge in [0.1, 0.15) is 5.41 Å². The molecule has 2 amide bonds. The van der Waals surface area contributed by atoms with E-state index in [0.29, 0.717) is 23.6 Å². The highest BCUT2D eigenvalue weighted by Gasteiger charge is 2.59. The van der Waals surface area contributed by atoms with Gasteiger partial charge in [0.2, 0.25) is 11.8 Å². The third-order valence-corrected chi connectivity index (χ3v) is 5.69.